The first-order valence-electron chi connectivity index (χ1n) is 7.46. The molecule has 1 atom stereocenters. The summed E-state index contributed by atoms with van der Waals surface area (Å²) < 4.78 is 0. The second kappa shape index (κ2) is 9.71. The Balaban J connectivity index is 0.00000220. The van der Waals surface area contributed by atoms with Crippen LogP contribution in [-0.2, 0) is 4.79 Å². The number of hydrogen-bond acceptors (Lipinski definition) is 4. The lowest BCUT2D eigenvalue weighted by Crippen LogP contribution is -2.39. The van der Waals surface area contributed by atoms with E-state index in [1.807, 2.05) is 19.2 Å². The Hall–Kier alpha value is -0.360. The van der Waals surface area contributed by atoms with Crippen LogP contribution in [-0.4, -0.2) is 17.4 Å². The first-order valence-corrected chi connectivity index (χ1v) is 8.34. The number of nitrogens with two attached hydrogens (primary N) is 1. The van der Waals surface area contributed by atoms with E-state index >= 15 is 0 Å². The van der Waals surface area contributed by atoms with E-state index in [1.54, 1.807) is 11.3 Å². The molecule has 0 saturated heterocycles. The van der Waals surface area contributed by atoms with Crippen molar-refractivity contribution in [3.8, 4) is 0 Å². The van der Waals surface area contributed by atoms with Crippen LogP contribution in [0.4, 0.5) is 0 Å². The molecule has 0 aliphatic heterocycles. The number of amides is 1. The maximum atomic E-state index is 12.3. The highest BCUT2D eigenvalue weighted by atomic mass is 35.5. The second-order valence-electron chi connectivity index (χ2n) is 6.06. The first-order chi connectivity index (χ1) is 9.54. The molecule has 1 aromatic rings. The molecule has 0 bridgehead atoms. The maximum Gasteiger partial charge on any atom is 0.221 e. The van der Waals surface area contributed by atoms with Gasteiger partial charge >= 0.3 is 0 Å². The van der Waals surface area contributed by atoms with Gasteiger partial charge in [-0.05, 0) is 38.6 Å². The SMILES string of the molecule is Cc1csc(C(C)NC(=O)CC2(CN)CCCCC2)n1.Cl.Cl. The predicted octanol–water partition coefficient (Wildman–Crippen LogP) is 3.77. The van der Waals surface area contributed by atoms with Crippen LogP contribution >= 0.6 is 36.2 Å². The Morgan fingerprint density at radius 2 is 2.05 bits per heavy atom. The van der Waals surface area contributed by atoms with Crippen LogP contribution < -0.4 is 11.1 Å². The molecule has 1 fully saturated rings. The van der Waals surface area contributed by atoms with E-state index in [4.69, 9.17) is 5.73 Å². The van der Waals surface area contributed by atoms with Gasteiger partial charge in [-0.3, -0.25) is 4.79 Å². The van der Waals surface area contributed by atoms with Crippen LogP contribution in [0.3, 0.4) is 0 Å². The molecule has 0 spiro atoms. The second-order valence-corrected chi connectivity index (χ2v) is 6.95. The molecule has 1 heterocycles. The molecule has 1 aliphatic carbocycles. The summed E-state index contributed by atoms with van der Waals surface area (Å²) >= 11 is 1.60. The maximum absolute atomic E-state index is 12.3. The molecule has 128 valence electrons. The minimum absolute atomic E-state index is 0. The Kier molecular flexibility index (Phi) is 9.55. The van der Waals surface area contributed by atoms with Crippen molar-refractivity contribution in [1.29, 1.82) is 0 Å². The van der Waals surface area contributed by atoms with E-state index in [1.165, 1.54) is 19.3 Å². The van der Waals surface area contributed by atoms with Crippen molar-refractivity contribution in [2.45, 2.75) is 58.4 Å². The molecule has 1 unspecified atom stereocenters. The molecule has 7 heteroatoms. The third kappa shape index (κ3) is 5.69. The van der Waals surface area contributed by atoms with Crippen molar-refractivity contribution in [2.24, 2.45) is 11.1 Å². The highest BCUT2D eigenvalue weighted by Crippen LogP contribution is 2.38. The van der Waals surface area contributed by atoms with E-state index in [2.05, 4.69) is 10.3 Å². The van der Waals surface area contributed by atoms with Crippen LogP contribution in [0.5, 0.6) is 0 Å². The fraction of sp³-hybridized carbons (Fsp3) is 0.733. The van der Waals surface area contributed by atoms with Gasteiger partial charge in [-0.1, -0.05) is 19.3 Å². The van der Waals surface area contributed by atoms with Gasteiger partial charge in [-0.25, -0.2) is 4.98 Å². The van der Waals surface area contributed by atoms with Gasteiger partial charge in [-0.15, -0.1) is 36.2 Å². The summed E-state index contributed by atoms with van der Waals surface area (Å²) in [7, 11) is 0. The smallest absolute Gasteiger partial charge is 0.221 e. The standard InChI is InChI=1S/C15H25N3OS.2ClH/c1-11-9-20-14(17-11)12(2)18-13(19)8-15(10-16)6-4-3-5-7-15;;/h9,12H,3-8,10,16H2,1-2H3,(H,18,19);2*1H. The van der Waals surface area contributed by atoms with Gasteiger partial charge < -0.3 is 11.1 Å². The van der Waals surface area contributed by atoms with Crippen molar-refractivity contribution in [3.63, 3.8) is 0 Å². The van der Waals surface area contributed by atoms with Crippen molar-refractivity contribution < 1.29 is 4.79 Å². The summed E-state index contributed by atoms with van der Waals surface area (Å²) in [6, 6.07) is -0.0142. The molecule has 3 N–H and O–H groups in total. The predicted molar refractivity (Wildman–Crippen MR) is 97.1 cm³/mol. The molecule has 1 saturated carbocycles. The average Bonchev–Trinajstić information content (AvgIpc) is 2.86. The minimum atomic E-state index is -0.0142. The highest BCUT2D eigenvalue weighted by Gasteiger charge is 2.33. The van der Waals surface area contributed by atoms with E-state index in [9.17, 15) is 4.79 Å². The zero-order chi connectivity index (χ0) is 14.6. The van der Waals surface area contributed by atoms with Crippen LogP contribution in [0, 0.1) is 12.3 Å². The van der Waals surface area contributed by atoms with Gasteiger partial charge in [0, 0.05) is 17.5 Å². The number of hydrogen-bond donors (Lipinski definition) is 2. The zero-order valence-electron chi connectivity index (χ0n) is 13.3. The normalized spacial score (nSPS) is 17.8. The number of aromatic nitrogens is 1. The lowest BCUT2D eigenvalue weighted by Gasteiger charge is -2.35. The lowest BCUT2D eigenvalue weighted by atomic mass is 9.71. The van der Waals surface area contributed by atoms with Crippen molar-refractivity contribution in [2.75, 3.05) is 6.54 Å². The zero-order valence-corrected chi connectivity index (χ0v) is 15.7. The van der Waals surface area contributed by atoms with Gasteiger partial charge in [0.25, 0.3) is 0 Å². The number of thiazole rings is 1. The molecule has 2 rings (SSSR count). The monoisotopic (exact) mass is 367 g/mol. The lowest BCUT2D eigenvalue weighted by molar-refractivity contribution is -0.124. The summed E-state index contributed by atoms with van der Waals surface area (Å²) in [6.45, 7) is 4.58. The van der Waals surface area contributed by atoms with E-state index in [0.717, 1.165) is 23.5 Å². The molecule has 4 nitrogen and oxygen atoms in total. The summed E-state index contributed by atoms with van der Waals surface area (Å²) in [5, 5.41) is 6.06. The van der Waals surface area contributed by atoms with Gasteiger partial charge in [0.15, 0.2) is 0 Å². The summed E-state index contributed by atoms with van der Waals surface area (Å²) in [4.78, 5) is 16.7. The Labute approximate surface area is 149 Å². The largest absolute Gasteiger partial charge is 0.347 e. The number of rotatable bonds is 5. The summed E-state index contributed by atoms with van der Waals surface area (Å²) in [5.41, 5.74) is 6.98. The van der Waals surface area contributed by atoms with Crippen molar-refractivity contribution >= 4 is 42.1 Å². The molecular weight excluding hydrogens is 341 g/mol. The molecule has 1 aromatic heterocycles. The van der Waals surface area contributed by atoms with E-state index < -0.39 is 0 Å². The highest BCUT2D eigenvalue weighted by molar-refractivity contribution is 7.09. The third-order valence-electron chi connectivity index (χ3n) is 4.27. The number of carbonyl (C=O) groups excluding carboxylic acids is 1. The minimum Gasteiger partial charge on any atom is -0.347 e. The molecule has 1 aliphatic rings. The number of carbonyl (C=O) groups is 1. The van der Waals surface area contributed by atoms with Crippen LogP contribution in [0.15, 0.2) is 5.38 Å². The number of aryl methyl sites for hydroxylation is 1. The number of nitrogens with zero attached hydrogens (tertiary/aromatic N) is 1. The first kappa shape index (κ1) is 21.6. The Morgan fingerprint density at radius 1 is 1.41 bits per heavy atom. The fourth-order valence-electron chi connectivity index (χ4n) is 3.02. The molecule has 0 aromatic carbocycles. The quantitative estimate of drug-likeness (QED) is 0.831. The number of halogens is 2. The average molecular weight is 368 g/mol. The molecule has 1 amide bonds. The fourth-order valence-corrected chi connectivity index (χ4v) is 3.82. The van der Waals surface area contributed by atoms with Crippen LogP contribution in [0.1, 0.15) is 62.2 Å². The van der Waals surface area contributed by atoms with E-state index in [-0.39, 0.29) is 42.2 Å². The number of nitrogens with one attached hydrogen (secondary N) is 1. The summed E-state index contributed by atoms with van der Waals surface area (Å²) in [6.07, 6.45) is 6.40. The van der Waals surface area contributed by atoms with Crippen molar-refractivity contribution in [3.05, 3.63) is 16.1 Å². The van der Waals surface area contributed by atoms with Crippen LogP contribution in [0.25, 0.3) is 0 Å². The van der Waals surface area contributed by atoms with Gasteiger partial charge in [-0.2, -0.15) is 0 Å². The molecule has 22 heavy (non-hydrogen) atoms. The van der Waals surface area contributed by atoms with Crippen molar-refractivity contribution in [1.82, 2.24) is 10.3 Å². The van der Waals surface area contributed by atoms with E-state index in [0.29, 0.717) is 13.0 Å². The van der Waals surface area contributed by atoms with Gasteiger partial charge in [0.1, 0.15) is 5.01 Å². The Bertz CT molecular complexity index is 461. The third-order valence-corrected chi connectivity index (χ3v) is 5.41. The summed E-state index contributed by atoms with van der Waals surface area (Å²) in [5.74, 6) is 0.109. The molecule has 0 radical (unpaired) electrons. The van der Waals surface area contributed by atoms with Gasteiger partial charge in [0.05, 0.1) is 6.04 Å². The van der Waals surface area contributed by atoms with Crippen LogP contribution in [0.2, 0.25) is 0 Å². The Morgan fingerprint density at radius 3 is 2.55 bits per heavy atom. The van der Waals surface area contributed by atoms with Gasteiger partial charge in [0.2, 0.25) is 5.91 Å². The topological polar surface area (TPSA) is 68.0 Å². The molecular formula is C15H27Cl2N3OS.